The molecule has 0 unspecified atom stereocenters. The Hall–Kier alpha value is -1.04. The zero-order valence-electron chi connectivity index (χ0n) is 6.44. The van der Waals surface area contributed by atoms with E-state index in [1.54, 1.807) is 0 Å². The lowest BCUT2D eigenvalue weighted by Gasteiger charge is -1.97. The van der Waals surface area contributed by atoms with Gasteiger partial charge in [-0.2, -0.15) is 0 Å². The van der Waals surface area contributed by atoms with Crippen molar-refractivity contribution >= 4 is 0 Å². The van der Waals surface area contributed by atoms with Crippen molar-refractivity contribution in [1.82, 2.24) is 0 Å². The Bertz CT molecular complexity index is 226. The van der Waals surface area contributed by atoms with Crippen LogP contribution in [0.5, 0.6) is 0 Å². The summed E-state index contributed by atoms with van der Waals surface area (Å²) in [5.74, 6) is 0. The van der Waals surface area contributed by atoms with E-state index in [-0.39, 0.29) is 0 Å². The van der Waals surface area contributed by atoms with Crippen molar-refractivity contribution in [2.24, 2.45) is 0 Å². The minimum absolute atomic E-state index is 1.08. The third-order valence-electron chi connectivity index (χ3n) is 1.43. The van der Waals surface area contributed by atoms with Gasteiger partial charge in [-0.05, 0) is 25.5 Å². The Morgan fingerprint density at radius 1 is 1.10 bits per heavy atom. The summed E-state index contributed by atoms with van der Waals surface area (Å²) in [4.78, 5) is 0. The molecule has 1 radical (unpaired) electrons. The van der Waals surface area contributed by atoms with E-state index in [1.165, 1.54) is 11.1 Å². The Balaban J connectivity index is 3.18. The van der Waals surface area contributed by atoms with Crippen molar-refractivity contribution in [3.63, 3.8) is 0 Å². The molecular formula is C10H11. The lowest BCUT2D eigenvalue weighted by Crippen LogP contribution is -1.79. The van der Waals surface area contributed by atoms with Crippen molar-refractivity contribution in [2.75, 3.05) is 0 Å². The fourth-order valence-electron chi connectivity index (χ4n) is 1.08. The molecule has 0 saturated heterocycles. The first-order valence-corrected chi connectivity index (χ1v) is 3.34. The molecule has 0 bridgehead atoms. The molecule has 0 heteroatoms. The number of benzene rings is 1. The Morgan fingerprint density at radius 3 is 2.00 bits per heavy atom. The van der Waals surface area contributed by atoms with E-state index in [0.717, 1.165) is 5.56 Å². The van der Waals surface area contributed by atoms with E-state index < -0.39 is 0 Å². The average Bonchev–Trinajstić information content (AvgIpc) is 1.85. The lowest BCUT2D eigenvalue weighted by molar-refractivity contribution is 1.36. The number of aryl methyl sites for hydroxylation is 2. The zero-order valence-corrected chi connectivity index (χ0v) is 6.44. The van der Waals surface area contributed by atoms with E-state index in [4.69, 9.17) is 0 Å². The van der Waals surface area contributed by atoms with Crippen LogP contribution in [0.4, 0.5) is 0 Å². The minimum atomic E-state index is 1.08. The van der Waals surface area contributed by atoms with Gasteiger partial charge in [-0.3, -0.25) is 0 Å². The van der Waals surface area contributed by atoms with E-state index in [0.29, 0.717) is 0 Å². The molecule has 0 aromatic heterocycles. The van der Waals surface area contributed by atoms with Crippen LogP contribution >= 0.6 is 0 Å². The van der Waals surface area contributed by atoms with E-state index in [1.807, 2.05) is 0 Å². The van der Waals surface area contributed by atoms with Gasteiger partial charge >= 0.3 is 0 Å². The molecule has 1 aromatic carbocycles. The third kappa shape index (κ3) is 1.47. The summed E-state index contributed by atoms with van der Waals surface area (Å²) in [6, 6.07) is 6.28. The smallest absolute Gasteiger partial charge is 0.0179 e. The van der Waals surface area contributed by atoms with Crippen LogP contribution in [0.15, 0.2) is 24.8 Å². The van der Waals surface area contributed by atoms with Crippen LogP contribution in [0.25, 0.3) is 0 Å². The summed E-state index contributed by atoms with van der Waals surface area (Å²) in [5.41, 5.74) is 3.62. The minimum Gasteiger partial charge on any atom is -0.0906 e. The Kier molecular flexibility index (Phi) is 1.91. The fourth-order valence-corrected chi connectivity index (χ4v) is 1.08. The molecule has 0 saturated carbocycles. The van der Waals surface area contributed by atoms with Crippen LogP contribution in [0.3, 0.4) is 0 Å². The van der Waals surface area contributed by atoms with Gasteiger partial charge in [-0.15, -0.1) is 0 Å². The van der Waals surface area contributed by atoms with Crippen LogP contribution in [0, 0.1) is 19.9 Å². The van der Waals surface area contributed by atoms with Crippen molar-refractivity contribution in [1.29, 1.82) is 0 Å². The maximum absolute atomic E-state index is 3.59. The first-order chi connectivity index (χ1) is 4.72. The number of hydrogen-bond acceptors (Lipinski definition) is 0. The van der Waals surface area contributed by atoms with Gasteiger partial charge in [0.05, 0.1) is 0 Å². The molecule has 0 amide bonds. The monoisotopic (exact) mass is 131 g/mol. The second-order valence-electron chi connectivity index (χ2n) is 2.55. The van der Waals surface area contributed by atoms with Crippen LogP contribution < -0.4 is 0 Å². The molecule has 0 spiro atoms. The molecule has 0 atom stereocenters. The van der Waals surface area contributed by atoms with Crippen LogP contribution in [0.1, 0.15) is 16.7 Å². The molecule has 51 valence electrons. The molecule has 0 nitrogen and oxygen atoms in total. The maximum atomic E-state index is 3.59. The van der Waals surface area contributed by atoms with E-state index in [9.17, 15) is 0 Å². The predicted octanol–water partition coefficient (Wildman–Crippen LogP) is 2.64. The standard InChI is InChI=1S/C10H11/c1-4-10-6-8(2)5-9(3)7-10/h5-7H,1H2,2-3H3. The molecule has 0 aliphatic carbocycles. The van der Waals surface area contributed by atoms with Gasteiger partial charge in [0.1, 0.15) is 0 Å². The summed E-state index contributed by atoms with van der Waals surface area (Å²) >= 11 is 0. The largest absolute Gasteiger partial charge is 0.0906 e. The zero-order chi connectivity index (χ0) is 7.56. The lowest BCUT2D eigenvalue weighted by atomic mass is 10.1. The first-order valence-electron chi connectivity index (χ1n) is 3.34. The molecule has 10 heavy (non-hydrogen) atoms. The van der Waals surface area contributed by atoms with Crippen molar-refractivity contribution in [2.45, 2.75) is 13.8 Å². The normalized spacial score (nSPS) is 9.40. The Labute approximate surface area is 62.2 Å². The highest BCUT2D eigenvalue weighted by Gasteiger charge is 1.89. The quantitative estimate of drug-likeness (QED) is 0.549. The molecule has 0 heterocycles. The summed E-state index contributed by atoms with van der Waals surface area (Å²) in [6.45, 7) is 7.74. The topological polar surface area (TPSA) is 0 Å². The van der Waals surface area contributed by atoms with Gasteiger partial charge in [0.15, 0.2) is 0 Å². The second kappa shape index (κ2) is 2.70. The summed E-state index contributed by atoms with van der Waals surface area (Å²) in [6.07, 6.45) is 2.86. The summed E-state index contributed by atoms with van der Waals surface area (Å²) in [5, 5.41) is 0. The Morgan fingerprint density at radius 2 is 1.60 bits per heavy atom. The average molecular weight is 131 g/mol. The van der Waals surface area contributed by atoms with Gasteiger partial charge < -0.3 is 0 Å². The van der Waals surface area contributed by atoms with Gasteiger partial charge in [-0.25, -0.2) is 0 Å². The van der Waals surface area contributed by atoms with Gasteiger partial charge in [0.2, 0.25) is 0 Å². The predicted molar refractivity (Wildman–Crippen MR) is 43.9 cm³/mol. The summed E-state index contributed by atoms with van der Waals surface area (Å²) in [7, 11) is 0. The number of hydrogen-bond donors (Lipinski definition) is 0. The van der Waals surface area contributed by atoms with Crippen LogP contribution in [-0.4, -0.2) is 0 Å². The third-order valence-corrected chi connectivity index (χ3v) is 1.43. The molecule has 1 rings (SSSR count). The van der Waals surface area contributed by atoms with Crippen molar-refractivity contribution in [3.8, 4) is 0 Å². The fraction of sp³-hybridized carbons (Fsp3) is 0.200. The molecular weight excluding hydrogens is 120 g/mol. The molecule has 0 fully saturated rings. The highest BCUT2D eigenvalue weighted by molar-refractivity contribution is 5.31. The molecule has 0 aliphatic rings. The van der Waals surface area contributed by atoms with Gasteiger partial charge in [0.25, 0.3) is 0 Å². The van der Waals surface area contributed by atoms with Crippen molar-refractivity contribution in [3.05, 3.63) is 47.5 Å². The van der Waals surface area contributed by atoms with E-state index >= 15 is 0 Å². The molecule has 0 aliphatic heterocycles. The van der Waals surface area contributed by atoms with E-state index in [2.05, 4.69) is 44.7 Å². The molecule has 1 aromatic rings. The molecule has 0 N–H and O–H groups in total. The van der Waals surface area contributed by atoms with Crippen LogP contribution in [-0.2, 0) is 0 Å². The highest BCUT2D eigenvalue weighted by Crippen LogP contribution is 2.07. The van der Waals surface area contributed by atoms with Crippen molar-refractivity contribution < 1.29 is 0 Å². The SMILES string of the molecule is C=[C]c1cc(C)cc(C)c1. The highest BCUT2D eigenvalue weighted by atomic mass is 13.9. The van der Waals surface area contributed by atoms with Crippen LogP contribution in [0.2, 0.25) is 0 Å². The van der Waals surface area contributed by atoms with Gasteiger partial charge in [0, 0.05) is 0 Å². The van der Waals surface area contributed by atoms with Gasteiger partial charge in [-0.1, -0.05) is 35.9 Å². The first kappa shape index (κ1) is 7.07. The maximum Gasteiger partial charge on any atom is -0.0179 e. The number of rotatable bonds is 1. The summed E-state index contributed by atoms with van der Waals surface area (Å²) < 4.78 is 0. The second-order valence-corrected chi connectivity index (χ2v) is 2.55.